The van der Waals surface area contributed by atoms with Gasteiger partial charge in [0.05, 0.1) is 6.61 Å². The Morgan fingerprint density at radius 2 is 1.80 bits per heavy atom. The second-order valence-corrected chi connectivity index (χ2v) is 7.39. The number of carbonyl (C=O) groups excluding carboxylic acids is 1. The van der Waals surface area contributed by atoms with Crippen molar-refractivity contribution < 1.29 is 14.6 Å². The van der Waals surface area contributed by atoms with Crippen molar-refractivity contribution in [3.8, 4) is 5.75 Å². The molecule has 0 aromatic heterocycles. The smallest absolute Gasteiger partial charge is 0.318 e. The van der Waals surface area contributed by atoms with Crippen LogP contribution in [0.2, 0.25) is 0 Å². The first kappa shape index (κ1) is 18.1. The highest BCUT2D eigenvalue weighted by Crippen LogP contribution is 2.35. The van der Waals surface area contributed by atoms with Crippen LogP contribution in [0.4, 0.5) is 4.79 Å². The molecule has 0 bridgehead atoms. The number of rotatable bonds is 7. The van der Waals surface area contributed by atoms with E-state index in [2.05, 4.69) is 17.1 Å². The summed E-state index contributed by atoms with van der Waals surface area (Å²) in [4.78, 5) is 15.0. The van der Waals surface area contributed by atoms with Crippen molar-refractivity contribution >= 4 is 6.03 Å². The van der Waals surface area contributed by atoms with Crippen LogP contribution < -0.4 is 10.1 Å². The second kappa shape index (κ2) is 8.56. The molecule has 3 rings (SSSR count). The van der Waals surface area contributed by atoms with Crippen molar-refractivity contribution in [2.45, 2.75) is 64.1 Å². The van der Waals surface area contributed by atoms with E-state index in [0.717, 1.165) is 42.9 Å². The van der Waals surface area contributed by atoms with Gasteiger partial charge in [0, 0.05) is 24.2 Å². The standard InChI is InChI=1S/C20H30N2O3/c1-15-6-8-17(9-7-15)22(18-10-11-18)20(24)21-14-16-4-2-3-5-19(16)25-13-12-23/h2-5,15,17-18,23H,6-14H2,1H3,(H,21,24). The van der Waals surface area contributed by atoms with Crippen LogP contribution in [-0.2, 0) is 6.54 Å². The molecule has 2 aliphatic carbocycles. The van der Waals surface area contributed by atoms with Crippen LogP contribution in [0, 0.1) is 5.92 Å². The number of nitrogens with one attached hydrogen (secondary N) is 1. The third-order valence-electron chi connectivity index (χ3n) is 5.31. The minimum absolute atomic E-state index is 0.0176. The zero-order valence-corrected chi connectivity index (χ0v) is 15.1. The molecular formula is C20H30N2O3. The lowest BCUT2D eigenvalue weighted by Gasteiger charge is -2.36. The average molecular weight is 346 g/mol. The SMILES string of the molecule is CC1CCC(N(C(=O)NCc2ccccc2OCCO)C2CC2)CC1. The molecule has 2 saturated carbocycles. The van der Waals surface area contributed by atoms with E-state index in [1.165, 1.54) is 12.8 Å². The molecule has 1 aromatic rings. The fraction of sp³-hybridized carbons (Fsp3) is 0.650. The Balaban J connectivity index is 1.59. The predicted octanol–water partition coefficient (Wildman–Crippen LogP) is 3.31. The maximum atomic E-state index is 12.8. The summed E-state index contributed by atoms with van der Waals surface area (Å²) in [6.45, 7) is 3.00. The normalized spacial score (nSPS) is 23.1. The Hall–Kier alpha value is -1.75. The van der Waals surface area contributed by atoms with Gasteiger partial charge in [-0.1, -0.05) is 25.1 Å². The Bertz CT molecular complexity index is 566. The molecule has 2 aliphatic rings. The Morgan fingerprint density at radius 3 is 2.44 bits per heavy atom. The van der Waals surface area contributed by atoms with Crippen LogP contribution in [0.15, 0.2) is 24.3 Å². The maximum Gasteiger partial charge on any atom is 0.318 e. The number of hydrogen-bond acceptors (Lipinski definition) is 3. The van der Waals surface area contributed by atoms with Crippen molar-refractivity contribution in [1.82, 2.24) is 10.2 Å². The van der Waals surface area contributed by atoms with Gasteiger partial charge in [-0.25, -0.2) is 4.79 Å². The number of benzene rings is 1. The van der Waals surface area contributed by atoms with Crippen molar-refractivity contribution in [1.29, 1.82) is 0 Å². The molecule has 0 radical (unpaired) electrons. The van der Waals surface area contributed by atoms with E-state index in [1.807, 2.05) is 24.3 Å². The van der Waals surface area contributed by atoms with Gasteiger partial charge in [-0.2, -0.15) is 0 Å². The van der Waals surface area contributed by atoms with E-state index in [0.29, 0.717) is 18.6 Å². The number of aliphatic hydroxyl groups excluding tert-OH is 1. The van der Waals surface area contributed by atoms with E-state index >= 15 is 0 Å². The van der Waals surface area contributed by atoms with Crippen LogP contribution in [0.1, 0.15) is 51.0 Å². The second-order valence-electron chi connectivity index (χ2n) is 7.39. The highest BCUT2D eigenvalue weighted by Gasteiger charge is 2.38. The van der Waals surface area contributed by atoms with Crippen LogP contribution >= 0.6 is 0 Å². The molecule has 0 aliphatic heterocycles. The number of ether oxygens (including phenoxy) is 1. The number of aliphatic hydroxyl groups is 1. The van der Waals surface area contributed by atoms with Crippen molar-refractivity contribution in [3.63, 3.8) is 0 Å². The molecular weight excluding hydrogens is 316 g/mol. The first-order valence-corrected chi connectivity index (χ1v) is 9.56. The highest BCUT2D eigenvalue weighted by molar-refractivity contribution is 5.75. The molecule has 5 heteroatoms. The molecule has 2 amide bonds. The minimum Gasteiger partial charge on any atom is -0.491 e. The van der Waals surface area contributed by atoms with Gasteiger partial charge in [-0.15, -0.1) is 0 Å². The fourth-order valence-electron chi connectivity index (χ4n) is 3.71. The number of hydrogen-bond donors (Lipinski definition) is 2. The molecule has 0 spiro atoms. The number of amides is 2. The van der Waals surface area contributed by atoms with Crippen LogP contribution in [0.3, 0.4) is 0 Å². The lowest BCUT2D eigenvalue weighted by atomic mass is 9.86. The molecule has 1 aromatic carbocycles. The van der Waals surface area contributed by atoms with Crippen molar-refractivity contribution in [2.75, 3.05) is 13.2 Å². The summed E-state index contributed by atoms with van der Waals surface area (Å²) < 4.78 is 5.55. The predicted molar refractivity (Wildman–Crippen MR) is 97.5 cm³/mol. The Labute approximate surface area is 150 Å². The number of carbonyl (C=O) groups is 1. The Kier molecular flexibility index (Phi) is 6.19. The van der Waals surface area contributed by atoms with Gasteiger partial charge in [-0.3, -0.25) is 0 Å². The summed E-state index contributed by atoms with van der Waals surface area (Å²) in [5.74, 6) is 1.51. The summed E-state index contributed by atoms with van der Waals surface area (Å²) >= 11 is 0. The lowest BCUT2D eigenvalue weighted by molar-refractivity contribution is 0.140. The quantitative estimate of drug-likeness (QED) is 0.796. The zero-order chi connectivity index (χ0) is 17.6. The molecule has 138 valence electrons. The molecule has 0 saturated heterocycles. The zero-order valence-electron chi connectivity index (χ0n) is 15.1. The Morgan fingerprint density at radius 1 is 1.16 bits per heavy atom. The third-order valence-corrected chi connectivity index (χ3v) is 5.31. The third kappa shape index (κ3) is 4.88. The minimum atomic E-state index is -0.0176. The van der Waals surface area contributed by atoms with E-state index in [-0.39, 0.29) is 19.2 Å². The van der Waals surface area contributed by atoms with E-state index in [4.69, 9.17) is 9.84 Å². The molecule has 0 atom stereocenters. The van der Waals surface area contributed by atoms with Gasteiger partial charge in [-0.05, 0) is 50.5 Å². The lowest BCUT2D eigenvalue weighted by Crippen LogP contribution is -2.48. The first-order chi connectivity index (χ1) is 12.2. The molecule has 0 heterocycles. The van der Waals surface area contributed by atoms with Crippen LogP contribution in [0.5, 0.6) is 5.75 Å². The first-order valence-electron chi connectivity index (χ1n) is 9.56. The summed E-state index contributed by atoms with van der Waals surface area (Å²) in [7, 11) is 0. The maximum absolute atomic E-state index is 12.8. The average Bonchev–Trinajstić information content (AvgIpc) is 3.45. The van der Waals surface area contributed by atoms with Gasteiger partial charge in [0.25, 0.3) is 0 Å². The van der Waals surface area contributed by atoms with Gasteiger partial charge in [0.1, 0.15) is 12.4 Å². The highest BCUT2D eigenvalue weighted by atomic mass is 16.5. The summed E-state index contributed by atoms with van der Waals surface area (Å²) in [6.07, 6.45) is 6.96. The molecule has 25 heavy (non-hydrogen) atoms. The topological polar surface area (TPSA) is 61.8 Å². The monoisotopic (exact) mass is 346 g/mol. The van der Waals surface area contributed by atoms with Crippen LogP contribution in [-0.4, -0.2) is 41.3 Å². The van der Waals surface area contributed by atoms with E-state index < -0.39 is 0 Å². The van der Waals surface area contributed by atoms with Crippen molar-refractivity contribution in [3.05, 3.63) is 29.8 Å². The number of nitrogens with zero attached hydrogens (tertiary/aromatic N) is 1. The largest absolute Gasteiger partial charge is 0.491 e. The van der Waals surface area contributed by atoms with Gasteiger partial charge >= 0.3 is 6.03 Å². The van der Waals surface area contributed by atoms with Crippen LogP contribution in [0.25, 0.3) is 0 Å². The van der Waals surface area contributed by atoms with Crippen molar-refractivity contribution in [2.24, 2.45) is 5.92 Å². The van der Waals surface area contributed by atoms with Gasteiger partial charge in [0.2, 0.25) is 0 Å². The summed E-state index contributed by atoms with van der Waals surface area (Å²) in [6, 6.07) is 8.55. The van der Waals surface area contributed by atoms with Gasteiger partial charge < -0.3 is 20.1 Å². The summed E-state index contributed by atoms with van der Waals surface area (Å²) in [5.41, 5.74) is 0.942. The molecule has 2 fully saturated rings. The fourth-order valence-corrected chi connectivity index (χ4v) is 3.71. The van der Waals surface area contributed by atoms with E-state index in [9.17, 15) is 4.79 Å². The van der Waals surface area contributed by atoms with E-state index in [1.54, 1.807) is 0 Å². The molecule has 2 N–H and O–H groups in total. The molecule has 0 unspecified atom stereocenters. The van der Waals surface area contributed by atoms with Gasteiger partial charge in [0.15, 0.2) is 0 Å². The number of urea groups is 1. The summed E-state index contributed by atoms with van der Waals surface area (Å²) in [5, 5.41) is 12.0. The number of para-hydroxylation sites is 1. The molecule has 5 nitrogen and oxygen atoms in total.